The summed E-state index contributed by atoms with van der Waals surface area (Å²) in [6.07, 6.45) is 1.57. The molecule has 29 heavy (non-hydrogen) atoms. The van der Waals surface area contributed by atoms with Gasteiger partial charge in [-0.1, -0.05) is 48.5 Å². The molecule has 1 N–H and O–H groups in total. The molecule has 5 rings (SSSR count). The van der Waals surface area contributed by atoms with E-state index in [0.29, 0.717) is 23.0 Å². The highest BCUT2D eigenvalue weighted by Crippen LogP contribution is 2.28. The number of hydrogen-bond donors (Lipinski definition) is 1. The van der Waals surface area contributed by atoms with E-state index < -0.39 is 0 Å². The maximum absolute atomic E-state index is 13.1. The molecular formula is C24H16N2O3. The molecule has 140 valence electrons. The number of amides is 1. The topological polar surface area (TPSA) is 68.3 Å². The SMILES string of the molecule is O=C(Nc1ccc(-c2ccco2)o1)c1cc(-c2ccccc2)nc2ccccc12. The molecular weight excluding hydrogens is 364 g/mol. The number of benzene rings is 2. The number of furan rings is 2. The lowest BCUT2D eigenvalue weighted by Gasteiger charge is -2.09. The van der Waals surface area contributed by atoms with Crippen molar-refractivity contribution in [1.82, 2.24) is 4.98 Å². The third-order valence-electron chi connectivity index (χ3n) is 4.64. The number of carbonyl (C=O) groups is 1. The zero-order valence-electron chi connectivity index (χ0n) is 15.3. The molecule has 2 aromatic carbocycles. The highest BCUT2D eigenvalue weighted by molar-refractivity contribution is 6.12. The quantitative estimate of drug-likeness (QED) is 0.415. The first-order valence-corrected chi connectivity index (χ1v) is 9.18. The summed E-state index contributed by atoms with van der Waals surface area (Å²) < 4.78 is 11.0. The fourth-order valence-electron chi connectivity index (χ4n) is 3.26. The second kappa shape index (κ2) is 7.13. The molecule has 5 aromatic rings. The zero-order chi connectivity index (χ0) is 19.6. The molecule has 5 heteroatoms. The van der Waals surface area contributed by atoms with E-state index in [1.54, 1.807) is 30.5 Å². The average molecular weight is 380 g/mol. The molecule has 0 radical (unpaired) electrons. The van der Waals surface area contributed by atoms with Gasteiger partial charge in [0, 0.05) is 17.0 Å². The summed E-state index contributed by atoms with van der Waals surface area (Å²) in [7, 11) is 0. The molecule has 0 aliphatic carbocycles. The van der Waals surface area contributed by atoms with Crippen LogP contribution < -0.4 is 5.32 Å². The molecule has 0 spiro atoms. The number of carbonyl (C=O) groups excluding carboxylic acids is 1. The minimum absolute atomic E-state index is 0.263. The van der Waals surface area contributed by atoms with Crippen LogP contribution in [0.2, 0.25) is 0 Å². The third-order valence-corrected chi connectivity index (χ3v) is 4.64. The zero-order valence-corrected chi connectivity index (χ0v) is 15.3. The van der Waals surface area contributed by atoms with Crippen LogP contribution in [0.25, 0.3) is 33.7 Å². The number of rotatable bonds is 4. The van der Waals surface area contributed by atoms with Crippen LogP contribution >= 0.6 is 0 Å². The molecule has 0 bridgehead atoms. The number of pyridine rings is 1. The van der Waals surface area contributed by atoms with Crippen molar-refractivity contribution in [2.75, 3.05) is 5.32 Å². The predicted octanol–water partition coefficient (Wildman–Crippen LogP) is 6.01. The van der Waals surface area contributed by atoms with Gasteiger partial charge in [-0.05, 0) is 30.3 Å². The van der Waals surface area contributed by atoms with Crippen LogP contribution in [0.3, 0.4) is 0 Å². The highest BCUT2D eigenvalue weighted by atomic mass is 16.4. The summed E-state index contributed by atoms with van der Waals surface area (Å²) >= 11 is 0. The number of nitrogens with zero attached hydrogens (tertiary/aromatic N) is 1. The van der Waals surface area contributed by atoms with Crippen LogP contribution in [-0.2, 0) is 0 Å². The van der Waals surface area contributed by atoms with E-state index in [9.17, 15) is 4.79 Å². The van der Waals surface area contributed by atoms with Crippen molar-refractivity contribution in [2.24, 2.45) is 0 Å². The second-order valence-corrected chi connectivity index (χ2v) is 6.53. The monoisotopic (exact) mass is 380 g/mol. The van der Waals surface area contributed by atoms with Gasteiger partial charge in [0.1, 0.15) is 0 Å². The Morgan fingerprint density at radius 2 is 1.66 bits per heavy atom. The Labute approximate surface area is 166 Å². The molecule has 0 aliphatic rings. The van der Waals surface area contributed by atoms with E-state index in [1.165, 1.54) is 0 Å². The minimum Gasteiger partial charge on any atom is -0.461 e. The first kappa shape index (κ1) is 17.0. The number of hydrogen-bond acceptors (Lipinski definition) is 4. The number of aromatic nitrogens is 1. The smallest absolute Gasteiger partial charge is 0.258 e. The lowest BCUT2D eigenvalue weighted by atomic mass is 10.0. The maximum atomic E-state index is 13.1. The summed E-state index contributed by atoms with van der Waals surface area (Å²) in [4.78, 5) is 17.8. The van der Waals surface area contributed by atoms with Gasteiger partial charge in [0.25, 0.3) is 5.91 Å². The van der Waals surface area contributed by atoms with E-state index in [4.69, 9.17) is 13.8 Å². The second-order valence-electron chi connectivity index (χ2n) is 6.53. The van der Waals surface area contributed by atoms with Crippen molar-refractivity contribution in [3.8, 4) is 22.8 Å². The Hall–Kier alpha value is -4.12. The lowest BCUT2D eigenvalue weighted by molar-refractivity contribution is 0.102. The first-order valence-electron chi connectivity index (χ1n) is 9.18. The van der Waals surface area contributed by atoms with E-state index in [1.807, 2.05) is 60.7 Å². The number of anilines is 1. The first-order chi connectivity index (χ1) is 14.3. The van der Waals surface area contributed by atoms with Gasteiger partial charge in [-0.3, -0.25) is 10.1 Å². The Kier molecular flexibility index (Phi) is 4.18. The van der Waals surface area contributed by atoms with E-state index >= 15 is 0 Å². The van der Waals surface area contributed by atoms with Crippen molar-refractivity contribution in [2.45, 2.75) is 0 Å². The molecule has 0 saturated carbocycles. The van der Waals surface area contributed by atoms with Crippen molar-refractivity contribution in [3.63, 3.8) is 0 Å². The van der Waals surface area contributed by atoms with Gasteiger partial charge in [0.05, 0.1) is 23.0 Å². The van der Waals surface area contributed by atoms with Crippen LogP contribution in [-0.4, -0.2) is 10.9 Å². The molecule has 1 amide bonds. The van der Waals surface area contributed by atoms with Crippen molar-refractivity contribution >= 4 is 22.7 Å². The molecule has 0 fully saturated rings. The Morgan fingerprint density at radius 1 is 0.828 bits per heavy atom. The van der Waals surface area contributed by atoms with E-state index in [0.717, 1.165) is 22.2 Å². The number of nitrogens with one attached hydrogen (secondary N) is 1. The van der Waals surface area contributed by atoms with Crippen molar-refractivity contribution < 1.29 is 13.6 Å². The Bertz CT molecular complexity index is 1290. The van der Waals surface area contributed by atoms with Gasteiger partial charge >= 0.3 is 0 Å². The van der Waals surface area contributed by atoms with Crippen LogP contribution in [0.1, 0.15) is 10.4 Å². The highest BCUT2D eigenvalue weighted by Gasteiger charge is 2.16. The molecule has 3 aromatic heterocycles. The molecule has 3 heterocycles. The average Bonchev–Trinajstić information content (AvgIpc) is 3.45. The number of para-hydroxylation sites is 1. The van der Waals surface area contributed by atoms with Gasteiger partial charge in [0.15, 0.2) is 11.5 Å². The van der Waals surface area contributed by atoms with Gasteiger partial charge in [0.2, 0.25) is 5.88 Å². The third kappa shape index (κ3) is 3.30. The summed E-state index contributed by atoms with van der Waals surface area (Å²) in [6, 6.07) is 26.2. The Balaban J connectivity index is 1.52. The molecule has 0 unspecified atom stereocenters. The molecule has 5 nitrogen and oxygen atoms in total. The molecule has 0 aliphatic heterocycles. The maximum Gasteiger partial charge on any atom is 0.258 e. The van der Waals surface area contributed by atoms with Gasteiger partial charge in [-0.15, -0.1) is 0 Å². The van der Waals surface area contributed by atoms with Crippen LogP contribution in [0.5, 0.6) is 0 Å². The van der Waals surface area contributed by atoms with Crippen molar-refractivity contribution in [1.29, 1.82) is 0 Å². The predicted molar refractivity (Wildman–Crippen MR) is 112 cm³/mol. The minimum atomic E-state index is -0.263. The lowest BCUT2D eigenvalue weighted by Crippen LogP contribution is -2.12. The summed E-state index contributed by atoms with van der Waals surface area (Å²) in [5.74, 6) is 1.24. The summed E-state index contributed by atoms with van der Waals surface area (Å²) in [5, 5.41) is 3.62. The summed E-state index contributed by atoms with van der Waals surface area (Å²) in [6.45, 7) is 0. The van der Waals surface area contributed by atoms with Gasteiger partial charge < -0.3 is 8.83 Å². The van der Waals surface area contributed by atoms with Gasteiger partial charge in [-0.25, -0.2) is 4.98 Å². The summed E-state index contributed by atoms with van der Waals surface area (Å²) in [5.41, 5.74) is 2.98. The molecule has 0 atom stereocenters. The van der Waals surface area contributed by atoms with Crippen LogP contribution in [0.4, 0.5) is 5.88 Å². The van der Waals surface area contributed by atoms with Gasteiger partial charge in [-0.2, -0.15) is 0 Å². The van der Waals surface area contributed by atoms with Crippen LogP contribution in [0, 0.1) is 0 Å². The standard InChI is InChI=1S/C24H16N2O3/c27-24(26-23-13-12-22(29-23)21-11-6-14-28-21)18-15-20(16-7-2-1-3-8-16)25-19-10-5-4-9-17(18)19/h1-15H,(H,26,27). The largest absolute Gasteiger partial charge is 0.461 e. The fraction of sp³-hybridized carbons (Fsp3) is 0. The van der Waals surface area contributed by atoms with Crippen LogP contribution in [0.15, 0.2) is 100 Å². The Morgan fingerprint density at radius 3 is 2.48 bits per heavy atom. The van der Waals surface area contributed by atoms with Crippen molar-refractivity contribution in [3.05, 3.63) is 96.8 Å². The normalized spacial score (nSPS) is 10.9. The van der Waals surface area contributed by atoms with E-state index in [-0.39, 0.29) is 5.91 Å². The number of fused-ring (bicyclic) bond motifs is 1. The molecule has 0 saturated heterocycles. The van der Waals surface area contributed by atoms with E-state index in [2.05, 4.69) is 5.32 Å². The fourth-order valence-corrected chi connectivity index (χ4v) is 3.26.